The molecule has 6 heteroatoms. The van der Waals surface area contributed by atoms with Gasteiger partial charge in [0.1, 0.15) is 5.82 Å². The number of fused-ring (bicyclic) bond motifs is 1. The summed E-state index contributed by atoms with van der Waals surface area (Å²) in [6.07, 6.45) is 4.75. The Bertz CT molecular complexity index is 798. The number of methoxy groups -OCH3 is 1. The smallest absolute Gasteiger partial charge is 0.307 e. The number of anilines is 1. The fraction of sp³-hybridized carbons (Fsp3) is 0.421. The van der Waals surface area contributed by atoms with Gasteiger partial charge in [0.15, 0.2) is 0 Å². The molecule has 1 aliphatic carbocycles. The van der Waals surface area contributed by atoms with E-state index in [1.807, 2.05) is 24.3 Å². The van der Waals surface area contributed by atoms with Gasteiger partial charge in [-0.3, -0.25) is 9.59 Å². The van der Waals surface area contributed by atoms with Crippen molar-refractivity contribution in [2.75, 3.05) is 12.8 Å². The van der Waals surface area contributed by atoms with Crippen LogP contribution in [0.3, 0.4) is 0 Å². The van der Waals surface area contributed by atoms with Crippen molar-refractivity contribution >= 4 is 28.6 Å². The third-order valence-electron chi connectivity index (χ3n) is 4.90. The monoisotopic (exact) mass is 341 g/mol. The van der Waals surface area contributed by atoms with Crippen LogP contribution in [0.4, 0.5) is 5.82 Å². The average molecular weight is 341 g/mol. The van der Waals surface area contributed by atoms with E-state index in [-0.39, 0.29) is 24.1 Å². The van der Waals surface area contributed by atoms with E-state index in [0.29, 0.717) is 5.56 Å². The fourth-order valence-corrected chi connectivity index (χ4v) is 3.54. The Morgan fingerprint density at radius 3 is 2.68 bits per heavy atom. The molecule has 1 aromatic heterocycles. The van der Waals surface area contributed by atoms with Crippen molar-refractivity contribution in [3.05, 3.63) is 35.9 Å². The first-order valence-electron chi connectivity index (χ1n) is 8.58. The van der Waals surface area contributed by atoms with Gasteiger partial charge in [0.05, 0.1) is 30.1 Å². The van der Waals surface area contributed by atoms with E-state index in [4.69, 9.17) is 10.5 Å². The van der Waals surface area contributed by atoms with Crippen LogP contribution in [-0.4, -0.2) is 29.5 Å². The molecule has 1 amide bonds. The highest BCUT2D eigenvalue weighted by Gasteiger charge is 2.36. The molecular formula is C19H23N3O3. The molecule has 3 rings (SSSR count). The maximum absolute atomic E-state index is 12.9. The number of benzene rings is 1. The Labute approximate surface area is 146 Å². The van der Waals surface area contributed by atoms with Crippen LogP contribution in [-0.2, 0) is 9.53 Å². The molecule has 132 valence electrons. The number of amides is 1. The number of nitrogens with zero attached hydrogens (tertiary/aromatic N) is 1. The van der Waals surface area contributed by atoms with Gasteiger partial charge in [-0.25, -0.2) is 4.98 Å². The molecule has 1 aromatic carbocycles. The van der Waals surface area contributed by atoms with E-state index in [9.17, 15) is 9.59 Å². The number of rotatable bonds is 4. The maximum atomic E-state index is 12.9. The van der Waals surface area contributed by atoms with Gasteiger partial charge >= 0.3 is 5.97 Å². The van der Waals surface area contributed by atoms with Crippen LogP contribution >= 0.6 is 0 Å². The summed E-state index contributed by atoms with van der Waals surface area (Å²) in [6, 6.07) is 9.27. The number of carbonyl (C=O) groups excluding carboxylic acids is 2. The number of hydrogen-bond donors (Lipinski definition) is 2. The van der Waals surface area contributed by atoms with Crippen LogP contribution in [0.2, 0.25) is 0 Å². The quantitative estimate of drug-likeness (QED) is 0.834. The van der Waals surface area contributed by atoms with Gasteiger partial charge in [-0.1, -0.05) is 37.5 Å². The average Bonchev–Trinajstić information content (AvgIpc) is 2.61. The van der Waals surface area contributed by atoms with Gasteiger partial charge in [-0.05, 0) is 25.0 Å². The molecule has 0 radical (unpaired) electrons. The van der Waals surface area contributed by atoms with Crippen LogP contribution in [0.5, 0.6) is 0 Å². The minimum atomic E-state index is -0.569. The van der Waals surface area contributed by atoms with Crippen molar-refractivity contribution in [3.8, 4) is 0 Å². The number of ether oxygens (including phenoxy) is 1. The lowest BCUT2D eigenvalue weighted by molar-refractivity contribution is -0.142. The van der Waals surface area contributed by atoms with Crippen LogP contribution in [0, 0.1) is 0 Å². The highest BCUT2D eigenvalue weighted by Crippen LogP contribution is 2.32. The topological polar surface area (TPSA) is 94.3 Å². The molecule has 2 aromatic rings. The summed E-state index contributed by atoms with van der Waals surface area (Å²) in [5, 5.41) is 3.91. The first-order chi connectivity index (χ1) is 12.0. The summed E-state index contributed by atoms with van der Waals surface area (Å²) in [5.74, 6) is -0.409. The van der Waals surface area contributed by atoms with Gasteiger partial charge in [0, 0.05) is 5.39 Å². The number of hydrogen-bond acceptors (Lipinski definition) is 5. The molecule has 0 saturated heterocycles. The van der Waals surface area contributed by atoms with Crippen LogP contribution < -0.4 is 11.1 Å². The van der Waals surface area contributed by atoms with Gasteiger partial charge < -0.3 is 15.8 Å². The molecule has 0 unspecified atom stereocenters. The number of aromatic nitrogens is 1. The summed E-state index contributed by atoms with van der Waals surface area (Å²) in [4.78, 5) is 29.0. The van der Waals surface area contributed by atoms with Crippen molar-refractivity contribution in [2.45, 2.75) is 44.1 Å². The number of nitrogens with two attached hydrogens (primary N) is 1. The van der Waals surface area contributed by atoms with Crippen molar-refractivity contribution in [1.29, 1.82) is 0 Å². The highest BCUT2D eigenvalue weighted by atomic mass is 16.5. The Morgan fingerprint density at radius 1 is 1.24 bits per heavy atom. The molecule has 25 heavy (non-hydrogen) atoms. The first-order valence-corrected chi connectivity index (χ1v) is 8.58. The van der Waals surface area contributed by atoms with E-state index < -0.39 is 5.54 Å². The zero-order valence-corrected chi connectivity index (χ0v) is 14.4. The van der Waals surface area contributed by atoms with Crippen molar-refractivity contribution in [1.82, 2.24) is 10.3 Å². The number of pyridine rings is 1. The minimum absolute atomic E-state index is 0.177. The van der Waals surface area contributed by atoms with E-state index in [0.717, 1.165) is 43.0 Å². The second-order valence-electron chi connectivity index (χ2n) is 6.66. The second kappa shape index (κ2) is 7.09. The predicted molar refractivity (Wildman–Crippen MR) is 96.1 cm³/mol. The van der Waals surface area contributed by atoms with Crippen molar-refractivity contribution in [2.24, 2.45) is 0 Å². The molecule has 0 bridgehead atoms. The molecule has 1 saturated carbocycles. The van der Waals surface area contributed by atoms with Gasteiger partial charge in [0.25, 0.3) is 5.91 Å². The standard InChI is InChI=1S/C19H23N3O3/c1-25-16(23)12-19(9-5-2-6-10-19)22-18(24)14-11-13-7-3-4-8-15(13)21-17(14)20/h3-4,7-8,11H,2,5-6,9-10,12H2,1H3,(H2,20,21)(H,22,24). The summed E-state index contributed by atoms with van der Waals surface area (Å²) in [6.45, 7) is 0. The SMILES string of the molecule is COC(=O)CC1(NC(=O)c2cc3ccccc3nc2N)CCCCC1. The molecule has 0 aliphatic heterocycles. The Kier molecular flexibility index (Phi) is 4.88. The van der Waals surface area contributed by atoms with E-state index in [1.54, 1.807) is 6.07 Å². The normalized spacial score (nSPS) is 16.4. The molecule has 6 nitrogen and oxygen atoms in total. The third-order valence-corrected chi connectivity index (χ3v) is 4.90. The largest absolute Gasteiger partial charge is 0.469 e. The molecular weight excluding hydrogens is 318 g/mol. The van der Waals surface area contributed by atoms with Crippen LogP contribution in [0.25, 0.3) is 10.9 Å². The van der Waals surface area contributed by atoms with Crippen LogP contribution in [0.1, 0.15) is 48.9 Å². The van der Waals surface area contributed by atoms with E-state index in [2.05, 4.69) is 10.3 Å². The Morgan fingerprint density at radius 2 is 1.96 bits per heavy atom. The summed E-state index contributed by atoms with van der Waals surface area (Å²) < 4.78 is 4.82. The van der Waals surface area contributed by atoms with Crippen LogP contribution in [0.15, 0.2) is 30.3 Å². The fourth-order valence-electron chi connectivity index (χ4n) is 3.54. The molecule has 1 heterocycles. The number of esters is 1. The molecule has 1 aliphatic rings. The van der Waals surface area contributed by atoms with Gasteiger partial charge in [-0.2, -0.15) is 0 Å². The summed E-state index contributed by atoms with van der Waals surface area (Å²) >= 11 is 0. The predicted octanol–water partition coefficient (Wildman–Crippen LogP) is 2.81. The van der Waals surface area contributed by atoms with Gasteiger partial charge in [0.2, 0.25) is 0 Å². The Hall–Kier alpha value is -2.63. The van der Waals surface area contributed by atoms with E-state index >= 15 is 0 Å². The number of nitrogen functional groups attached to an aromatic ring is 1. The summed E-state index contributed by atoms with van der Waals surface area (Å²) in [5.41, 5.74) is 6.52. The van der Waals surface area contributed by atoms with E-state index in [1.165, 1.54) is 7.11 Å². The Balaban J connectivity index is 1.88. The van der Waals surface area contributed by atoms with Crippen molar-refractivity contribution < 1.29 is 14.3 Å². The first kappa shape index (κ1) is 17.2. The van der Waals surface area contributed by atoms with Gasteiger partial charge in [-0.15, -0.1) is 0 Å². The molecule has 0 atom stereocenters. The highest BCUT2D eigenvalue weighted by molar-refractivity contribution is 6.02. The second-order valence-corrected chi connectivity index (χ2v) is 6.66. The molecule has 0 spiro atoms. The lowest BCUT2D eigenvalue weighted by atomic mass is 9.79. The summed E-state index contributed by atoms with van der Waals surface area (Å²) in [7, 11) is 1.37. The number of carbonyl (C=O) groups is 2. The maximum Gasteiger partial charge on any atom is 0.307 e. The zero-order chi connectivity index (χ0) is 17.9. The number of nitrogens with one attached hydrogen (secondary N) is 1. The molecule has 3 N–H and O–H groups in total. The third kappa shape index (κ3) is 3.73. The number of para-hydroxylation sites is 1. The lowest BCUT2D eigenvalue weighted by Crippen LogP contribution is -2.51. The minimum Gasteiger partial charge on any atom is -0.469 e. The lowest BCUT2D eigenvalue weighted by Gasteiger charge is -2.37. The van der Waals surface area contributed by atoms with Crippen molar-refractivity contribution in [3.63, 3.8) is 0 Å². The molecule has 1 fully saturated rings. The zero-order valence-electron chi connectivity index (χ0n) is 14.4.